The van der Waals surface area contributed by atoms with Crippen LogP contribution in [-0.2, 0) is 0 Å². The van der Waals surface area contributed by atoms with Gasteiger partial charge in [-0.15, -0.1) is 0 Å². The molecule has 0 aromatic heterocycles. The molecule has 49 heavy (non-hydrogen) atoms. The summed E-state index contributed by atoms with van der Waals surface area (Å²) in [4.78, 5) is 4.47. The van der Waals surface area contributed by atoms with E-state index in [0.717, 1.165) is 42.9 Å². The first-order valence-electron chi connectivity index (χ1n) is 17.4. The van der Waals surface area contributed by atoms with Crippen molar-refractivity contribution >= 4 is 45.0 Å². The molecule has 4 N–H and O–H groups in total. The summed E-state index contributed by atoms with van der Waals surface area (Å²) in [6.45, 7) is 0.739. The maximum Gasteiger partial charge on any atom is -0.0195 e. The third kappa shape index (κ3) is 9.66. The number of nitrogens with two attached hydrogens (primary N) is 1. The molecule has 0 saturated carbocycles. The monoisotopic (exact) mass is 763 g/mol. The Morgan fingerprint density at radius 1 is 0.673 bits per heavy atom. The Hall–Kier alpha value is -3.38. The van der Waals surface area contributed by atoms with E-state index < -0.39 is 5.96 Å². The molecule has 1 atom stereocenters. The molecule has 0 radical (unpaired) electrons. The average molecular weight is 765 g/mol. The van der Waals surface area contributed by atoms with Crippen molar-refractivity contribution in [2.24, 2.45) is 10.7 Å². The molecule has 6 nitrogen and oxygen atoms in total. The van der Waals surface area contributed by atoms with Crippen LogP contribution >= 0.6 is 17.2 Å². The van der Waals surface area contributed by atoms with E-state index in [0.29, 0.717) is 5.96 Å². The van der Waals surface area contributed by atoms with Gasteiger partial charge in [0.05, 0.1) is 14.1 Å². The molecule has 0 amide bonds. The molecule has 4 aromatic rings. The zero-order valence-corrected chi connectivity index (χ0v) is 32.1. The van der Waals surface area contributed by atoms with Crippen LogP contribution in [0.25, 0.3) is 0 Å². The van der Waals surface area contributed by atoms with Crippen LogP contribution in [0.1, 0.15) is 69.5 Å². The number of hydrogen-bond donors (Lipinski definition) is 3. The zero-order chi connectivity index (χ0) is 33.7. The number of rotatable bonds is 17. The minimum atomic E-state index is -3.13. The summed E-state index contributed by atoms with van der Waals surface area (Å²) in [5, 5.41) is 10.2. The van der Waals surface area contributed by atoms with Gasteiger partial charge < -0.3 is 22.7 Å². The van der Waals surface area contributed by atoms with Crippen molar-refractivity contribution in [3.63, 3.8) is 0 Å². The Morgan fingerprint density at radius 3 is 1.59 bits per heavy atom. The van der Waals surface area contributed by atoms with Gasteiger partial charge in [-0.05, 0) is 24.3 Å². The number of aliphatic imine (C=N–C) groups is 1. The molecule has 1 unspecified atom stereocenters. The van der Waals surface area contributed by atoms with Crippen LogP contribution in [-0.4, -0.2) is 43.4 Å². The van der Waals surface area contributed by atoms with Gasteiger partial charge in [-0.2, -0.15) is 4.99 Å². The molecule has 0 aliphatic carbocycles. The van der Waals surface area contributed by atoms with E-state index in [1.54, 1.807) is 0 Å². The summed E-state index contributed by atoms with van der Waals surface area (Å²) in [6, 6.07) is 40.6. The maximum atomic E-state index is 8.20. The summed E-state index contributed by atoms with van der Waals surface area (Å²) in [7, 11) is 3.91. The molecular formula is C40H52BrClN5OP. The van der Waals surface area contributed by atoms with E-state index in [-0.39, 0.29) is 23.1 Å². The Labute approximate surface area is 308 Å². The molecule has 4 aromatic carbocycles. The van der Waals surface area contributed by atoms with Crippen LogP contribution in [0, 0.1) is 0 Å². The largest absolute Gasteiger partial charge is 1.00 e. The fourth-order valence-electron chi connectivity index (χ4n) is 6.62. The molecular weight excluding hydrogens is 713 g/mol. The van der Waals surface area contributed by atoms with Crippen molar-refractivity contribution in [1.82, 2.24) is 10.6 Å². The number of ether oxygens (including phenoxy) is 1. The number of hydrogen-bond acceptors (Lipinski definition) is 3. The summed E-state index contributed by atoms with van der Waals surface area (Å²) in [5.74, 6) is -1.02. The van der Waals surface area contributed by atoms with Crippen molar-refractivity contribution in [3.8, 4) is 5.75 Å². The Bertz CT molecular complexity index is 1530. The van der Waals surface area contributed by atoms with Crippen LogP contribution in [0.4, 0.5) is 0 Å². The number of guanidine groups is 2. The molecule has 1 heterocycles. The van der Waals surface area contributed by atoms with Crippen LogP contribution in [0.5, 0.6) is 5.75 Å². The summed E-state index contributed by atoms with van der Waals surface area (Å²) in [6.07, 6.45) is 11.7. The van der Waals surface area contributed by atoms with Gasteiger partial charge in [-0.1, -0.05) is 0 Å². The van der Waals surface area contributed by atoms with Gasteiger partial charge in [0.25, 0.3) is 5.96 Å². The Kier molecular flexibility index (Phi) is 14.6. The van der Waals surface area contributed by atoms with Crippen molar-refractivity contribution in [2.45, 2.75) is 64.0 Å². The Morgan fingerprint density at radius 2 is 1.12 bits per heavy atom. The predicted molar refractivity (Wildman–Crippen MR) is 207 cm³/mol. The van der Waals surface area contributed by atoms with Gasteiger partial charge in [0.1, 0.15) is 5.75 Å². The third-order valence-electron chi connectivity index (χ3n) is 9.31. The fraction of sp³-hybridized carbons (Fsp3) is 0.350. The van der Waals surface area contributed by atoms with Gasteiger partial charge in [0.15, 0.2) is 6.17 Å². The van der Waals surface area contributed by atoms with Gasteiger partial charge in [0.2, 0.25) is 0 Å². The standard InChI is InChI=1S/C40H51ClN5OP.BrH/c1-46(2)40-44-38(43-39(42)45-40)33-27-29-34(30-28-33)47-31-19-8-6-4-3-5-7-9-20-32-48(41,35-21-13-10-14-22-35,36-23-15-11-16-24-36)37-25-17-12-18-26-37;/h10-18,21-30,38H,3-9,19-20,31-32H2,1-2H3,(H3,42,43,44,45);1H. The molecule has 0 saturated heterocycles. The van der Waals surface area contributed by atoms with E-state index in [1.165, 1.54) is 60.9 Å². The second-order valence-corrected chi connectivity index (χ2v) is 19.5. The first-order chi connectivity index (χ1) is 23.4. The van der Waals surface area contributed by atoms with Crippen molar-refractivity contribution in [3.05, 3.63) is 121 Å². The van der Waals surface area contributed by atoms with Crippen molar-refractivity contribution < 1.29 is 26.3 Å². The minimum Gasteiger partial charge on any atom is -1.00 e. The number of unbranched alkanes of at least 4 members (excludes halogenated alkanes) is 8. The van der Waals surface area contributed by atoms with E-state index in [1.807, 2.05) is 42.9 Å². The normalized spacial score (nSPS) is 15.1. The summed E-state index contributed by atoms with van der Waals surface area (Å²) < 4.78 is 7.96. The van der Waals surface area contributed by atoms with Crippen LogP contribution in [0.2, 0.25) is 0 Å². The molecule has 0 fully saturated rings. The van der Waals surface area contributed by atoms with Gasteiger partial charge in [-0.3, -0.25) is 9.89 Å². The second kappa shape index (κ2) is 18.6. The van der Waals surface area contributed by atoms with E-state index in [4.69, 9.17) is 21.7 Å². The van der Waals surface area contributed by atoms with Crippen LogP contribution in [0.15, 0.2) is 120 Å². The molecule has 1 aliphatic rings. The van der Waals surface area contributed by atoms with E-state index in [9.17, 15) is 0 Å². The molecule has 9 heteroatoms. The fourth-order valence-corrected chi connectivity index (χ4v) is 12.9. The first-order valence-corrected chi connectivity index (χ1v) is 20.7. The summed E-state index contributed by atoms with van der Waals surface area (Å²) in [5.41, 5.74) is 7.01. The number of nitrogens with one attached hydrogen (secondary N) is 2. The van der Waals surface area contributed by atoms with E-state index in [2.05, 4.69) is 107 Å². The summed E-state index contributed by atoms with van der Waals surface area (Å²) >= 11 is 8.20. The Balaban J connectivity index is 0.00000541. The van der Waals surface area contributed by atoms with Crippen LogP contribution < -0.4 is 54.0 Å². The molecule has 262 valence electrons. The van der Waals surface area contributed by atoms with Crippen LogP contribution in [0.3, 0.4) is 0 Å². The molecule has 0 spiro atoms. The average Bonchev–Trinajstić information content (AvgIpc) is 3.13. The number of nitrogens with zero attached hydrogens (tertiary/aromatic N) is 2. The number of benzene rings is 4. The predicted octanol–water partition coefficient (Wildman–Crippen LogP) is 4.40. The SMILES string of the molecule is C[N+](C)=C1NC(N)=NC(c2ccc(OCCCCCCCCCCCP(Cl)(c3ccccc3)(c3ccccc3)c3ccccc3)cc2)N1.[Br-]. The van der Waals surface area contributed by atoms with Crippen molar-refractivity contribution in [2.75, 3.05) is 26.9 Å². The second-order valence-electron chi connectivity index (χ2n) is 12.9. The maximum absolute atomic E-state index is 8.20. The first kappa shape index (κ1) is 38.4. The van der Waals surface area contributed by atoms with Gasteiger partial charge in [-0.25, -0.2) is 5.32 Å². The quantitative estimate of drug-likeness (QED) is 0.0848. The molecule has 1 aliphatic heterocycles. The van der Waals surface area contributed by atoms with Crippen molar-refractivity contribution in [1.29, 1.82) is 0 Å². The third-order valence-corrected chi connectivity index (χ3v) is 16.9. The van der Waals surface area contributed by atoms with E-state index >= 15 is 0 Å². The topological polar surface area (TPSA) is 74.7 Å². The minimum absolute atomic E-state index is 0. The molecule has 0 bridgehead atoms. The van der Waals surface area contributed by atoms with Gasteiger partial charge in [0, 0.05) is 5.56 Å². The number of halogens is 2. The zero-order valence-electron chi connectivity index (χ0n) is 28.9. The smallest absolute Gasteiger partial charge is 0.0195 e. The van der Waals surface area contributed by atoms with Gasteiger partial charge >= 0.3 is 205 Å². The molecule has 5 rings (SSSR count).